The third-order valence-electron chi connectivity index (χ3n) is 6.46. The Labute approximate surface area is 226 Å². The summed E-state index contributed by atoms with van der Waals surface area (Å²) in [6, 6.07) is 22.1. The molecule has 0 unspecified atom stereocenters. The minimum absolute atomic E-state index is 0.0893. The molecule has 0 bridgehead atoms. The largest absolute Gasteiger partial charge is 0.354 e. The summed E-state index contributed by atoms with van der Waals surface area (Å²) in [6.45, 7) is 7.75. The highest BCUT2D eigenvalue weighted by molar-refractivity contribution is 7.92. The summed E-state index contributed by atoms with van der Waals surface area (Å²) < 4.78 is 28.7. The van der Waals surface area contributed by atoms with Crippen LogP contribution in [-0.2, 0) is 26.2 Å². The Hall–Kier alpha value is -3.65. The van der Waals surface area contributed by atoms with Gasteiger partial charge in [-0.1, -0.05) is 79.6 Å². The lowest BCUT2D eigenvalue weighted by molar-refractivity contribution is -0.139. The van der Waals surface area contributed by atoms with Gasteiger partial charge in [0.15, 0.2) is 0 Å². The van der Waals surface area contributed by atoms with Crippen LogP contribution in [-0.4, -0.2) is 44.3 Å². The predicted molar refractivity (Wildman–Crippen MR) is 151 cm³/mol. The van der Waals surface area contributed by atoms with Crippen molar-refractivity contribution in [3.8, 4) is 0 Å². The van der Waals surface area contributed by atoms with Crippen LogP contribution in [0.1, 0.15) is 43.4 Å². The number of rotatable bonds is 12. The fourth-order valence-electron chi connectivity index (χ4n) is 4.09. The molecule has 3 aromatic carbocycles. The molecule has 0 fully saturated rings. The standard InChI is InChI=1S/C30H37N3O4S/c1-5-6-20-31-30(35)25(4)32(21-26-18-16-23(2)17-19-26)29(34)22-33(28-15-11-10-12-24(28)3)38(36,37)27-13-8-7-9-14-27/h7-19,25H,5-6,20-22H2,1-4H3,(H,31,35)/t25-/m0/s1. The van der Waals surface area contributed by atoms with Crippen LogP contribution < -0.4 is 9.62 Å². The maximum atomic E-state index is 13.9. The number of nitrogens with one attached hydrogen (secondary N) is 1. The van der Waals surface area contributed by atoms with Crippen LogP contribution in [0.5, 0.6) is 0 Å². The van der Waals surface area contributed by atoms with Gasteiger partial charge in [-0.25, -0.2) is 8.42 Å². The van der Waals surface area contributed by atoms with Gasteiger partial charge in [-0.15, -0.1) is 0 Å². The molecule has 0 heterocycles. The first kappa shape index (κ1) is 28.9. The van der Waals surface area contributed by atoms with Crippen molar-refractivity contribution in [1.82, 2.24) is 10.2 Å². The summed E-state index contributed by atoms with van der Waals surface area (Å²) in [5, 5.41) is 2.90. The Morgan fingerprint density at radius 1 is 0.895 bits per heavy atom. The SMILES string of the molecule is CCCCNC(=O)[C@H](C)N(Cc1ccc(C)cc1)C(=O)CN(c1ccccc1C)S(=O)(=O)c1ccccc1. The van der Waals surface area contributed by atoms with Gasteiger partial charge in [0, 0.05) is 13.1 Å². The summed E-state index contributed by atoms with van der Waals surface area (Å²) in [5.41, 5.74) is 3.07. The minimum atomic E-state index is -4.06. The molecule has 38 heavy (non-hydrogen) atoms. The van der Waals surface area contributed by atoms with Crippen molar-refractivity contribution in [2.75, 3.05) is 17.4 Å². The number of unbranched alkanes of at least 4 members (excludes halogenated alkanes) is 1. The highest BCUT2D eigenvalue weighted by Crippen LogP contribution is 2.27. The second kappa shape index (κ2) is 13.2. The summed E-state index contributed by atoms with van der Waals surface area (Å²) in [5.74, 6) is -0.737. The molecular weight excluding hydrogens is 498 g/mol. The number of anilines is 1. The lowest BCUT2D eigenvalue weighted by Gasteiger charge is -2.32. The van der Waals surface area contributed by atoms with E-state index < -0.39 is 28.5 Å². The van der Waals surface area contributed by atoms with Gasteiger partial charge < -0.3 is 10.2 Å². The number of para-hydroxylation sites is 1. The summed E-state index contributed by atoms with van der Waals surface area (Å²) in [7, 11) is -4.06. The number of benzene rings is 3. The van der Waals surface area contributed by atoms with Crippen LogP contribution in [0.4, 0.5) is 5.69 Å². The molecule has 1 atom stereocenters. The van der Waals surface area contributed by atoms with Crippen LogP contribution in [0.2, 0.25) is 0 Å². The van der Waals surface area contributed by atoms with Crippen molar-refractivity contribution in [3.63, 3.8) is 0 Å². The predicted octanol–water partition coefficient (Wildman–Crippen LogP) is 4.83. The number of carbonyl (C=O) groups is 2. The lowest BCUT2D eigenvalue weighted by atomic mass is 10.1. The van der Waals surface area contributed by atoms with Crippen molar-refractivity contribution in [1.29, 1.82) is 0 Å². The van der Waals surface area contributed by atoms with Crippen molar-refractivity contribution in [2.24, 2.45) is 0 Å². The second-order valence-corrected chi connectivity index (χ2v) is 11.3. The smallest absolute Gasteiger partial charge is 0.264 e. The van der Waals surface area contributed by atoms with E-state index in [-0.39, 0.29) is 17.3 Å². The van der Waals surface area contributed by atoms with Gasteiger partial charge in [0.25, 0.3) is 10.0 Å². The molecule has 0 aliphatic heterocycles. The minimum Gasteiger partial charge on any atom is -0.354 e. The molecule has 3 aromatic rings. The van der Waals surface area contributed by atoms with Crippen LogP contribution in [0.25, 0.3) is 0 Å². The van der Waals surface area contributed by atoms with Crippen LogP contribution >= 0.6 is 0 Å². The molecule has 0 saturated heterocycles. The van der Waals surface area contributed by atoms with Crippen molar-refractivity contribution in [2.45, 2.75) is 58.0 Å². The molecule has 3 rings (SSSR count). The normalized spacial score (nSPS) is 12.0. The Bertz CT molecular complexity index is 1330. The van der Waals surface area contributed by atoms with E-state index in [1.165, 1.54) is 17.0 Å². The monoisotopic (exact) mass is 535 g/mol. The fourth-order valence-corrected chi connectivity index (χ4v) is 5.58. The van der Waals surface area contributed by atoms with E-state index >= 15 is 0 Å². The number of sulfonamides is 1. The van der Waals surface area contributed by atoms with Gasteiger partial charge in [0.1, 0.15) is 12.6 Å². The number of hydrogen-bond donors (Lipinski definition) is 1. The zero-order valence-corrected chi connectivity index (χ0v) is 23.4. The molecule has 0 aromatic heterocycles. The Morgan fingerprint density at radius 3 is 2.16 bits per heavy atom. The van der Waals surface area contributed by atoms with Crippen molar-refractivity contribution >= 4 is 27.5 Å². The number of carbonyl (C=O) groups excluding carboxylic acids is 2. The summed E-state index contributed by atoms with van der Waals surface area (Å²) in [4.78, 5) is 28.4. The zero-order valence-electron chi connectivity index (χ0n) is 22.6. The Kier molecular flexibility index (Phi) is 10.1. The van der Waals surface area contributed by atoms with Crippen molar-refractivity contribution < 1.29 is 18.0 Å². The molecule has 1 N–H and O–H groups in total. The third kappa shape index (κ3) is 7.22. The lowest BCUT2D eigenvalue weighted by Crippen LogP contribution is -2.51. The quantitative estimate of drug-likeness (QED) is 0.337. The Balaban J connectivity index is 1.99. The molecular formula is C30H37N3O4S. The molecule has 202 valence electrons. The van der Waals surface area contributed by atoms with Gasteiger partial charge in [-0.05, 0) is 56.5 Å². The summed E-state index contributed by atoms with van der Waals surface area (Å²) in [6.07, 6.45) is 1.77. The second-order valence-electron chi connectivity index (χ2n) is 9.44. The van der Waals surface area contributed by atoms with E-state index in [9.17, 15) is 18.0 Å². The third-order valence-corrected chi connectivity index (χ3v) is 8.24. The van der Waals surface area contributed by atoms with E-state index in [0.29, 0.717) is 12.2 Å². The van der Waals surface area contributed by atoms with E-state index in [0.717, 1.165) is 33.8 Å². The van der Waals surface area contributed by atoms with Gasteiger partial charge in [-0.2, -0.15) is 0 Å². The average Bonchev–Trinajstić information content (AvgIpc) is 2.92. The number of hydrogen-bond acceptors (Lipinski definition) is 4. The van der Waals surface area contributed by atoms with E-state index in [1.54, 1.807) is 50.2 Å². The molecule has 0 aliphatic carbocycles. The maximum Gasteiger partial charge on any atom is 0.264 e. The first-order chi connectivity index (χ1) is 18.1. The van der Waals surface area contributed by atoms with E-state index in [4.69, 9.17) is 0 Å². The number of nitrogens with zero attached hydrogens (tertiary/aromatic N) is 2. The summed E-state index contributed by atoms with van der Waals surface area (Å²) >= 11 is 0. The van der Waals surface area contributed by atoms with Crippen molar-refractivity contribution in [3.05, 3.63) is 95.6 Å². The molecule has 2 amide bonds. The fraction of sp³-hybridized carbons (Fsp3) is 0.333. The zero-order chi connectivity index (χ0) is 27.7. The van der Waals surface area contributed by atoms with Crippen LogP contribution in [0.3, 0.4) is 0 Å². The first-order valence-corrected chi connectivity index (χ1v) is 14.3. The van der Waals surface area contributed by atoms with Crippen LogP contribution in [0, 0.1) is 13.8 Å². The number of aryl methyl sites for hydroxylation is 2. The van der Waals surface area contributed by atoms with Gasteiger partial charge in [-0.3, -0.25) is 13.9 Å². The number of amides is 2. The molecule has 0 radical (unpaired) electrons. The average molecular weight is 536 g/mol. The van der Waals surface area contributed by atoms with E-state index in [2.05, 4.69) is 5.32 Å². The highest BCUT2D eigenvalue weighted by atomic mass is 32.2. The molecule has 0 spiro atoms. The highest BCUT2D eigenvalue weighted by Gasteiger charge is 2.32. The molecule has 7 nitrogen and oxygen atoms in total. The first-order valence-electron chi connectivity index (χ1n) is 12.9. The van der Waals surface area contributed by atoms with Gasteiger partial charge in [0.05, 0.1) is 10.6 Å². The maximum absolute atomic E-state index is 13.9. The molecule has 0 aliphatic rings. The Morgan fingerprint density at radius 2 is 1.53 bits per heavy atom. The van der Waals surface area contributed by atoms with Crippen LogP contribution in [0.15, 0.2) is 83.8 Å². The van der Waals surface area contributed by atoms with Gasteiger partial charge >= 0.3 is 0 Å². The molecule has 0 saturated carbocycles. The van der Waals surface area contributed by atoms with E-state index in [1.807, 2.05) is 44.2 Å². The topological polar surface area (TPSA) is 86.8 Å². The van der Waals surface area contributed by atoms with Gasteiger partial charge in [0.2, 0.25) is 11.8 Å². The molecule has 8 heteroatoms.